The average Bonchev–Trinajstić information content (AvgIpc) is 3.78. The van der Waals surface area contributed by atoms with Crippen LogP contribution in [0.25, 0.3) is 56.4 Å². The van der Waals surface area contributed by atoms with E-state index in [4.69, 9.17) is 45.0 Å². The van der Waals surface area contributed by atoms with Gasteiger partial charge in [0, 0.05) is 48.4 Å². The molecule has 0 saturated heterocycles. The summed E-state index contributed by atoms with van der Waals surface area (Å²) in [4.78, 5) is 0. The zero-order valence-corrected chi connectivity index (χ0v) is 34.1. The van der Waals surface area contributed by atoms with Crippen molar-refractivity contribution in [3.05, 3.63) is 165 Å². The number of benzene rings is 6. The first-order valence-electron chi connectivity index (χ1n) is 18.6. The third-order valence-corrected chi connectivity index (χ3v) is 10.4. The number of rotatable bonds is 8. The molecule has 0 aliphatic rings. The van der Waals surface area contributed by atoms with Gasteiger partial charge >= 0.3 is 0 Å². The minimum absolute atomic E-state index is 0.197. The molecule has 0 aliphatic carbocycles. The number of aromatic hydroxyl groups is 4. The first-order valence-corrected chi connectivity index (χ1v) is 19.7. The molecule has 0 unspecified atom stereocenters. The fourth-order valence-electron chi connectivity index (χ4n) is 6.98. The molecule has 0 saturated carbocycles. The van der Waals surface area contributed by atoms with Gasteiger partial charge in [0.05, 0.1) is 34.2 Å². The minimum atomic E-state index is 0.197. The van der Waals surface area contributed by atoms with Crippen LogP contribution in [0.15, 0.2) is 133 Å². The van der Waals surface area contributed by atoms with Crippen molar-refractivity contribution < 1.29 is 20.4 Å². The topological polar surface area (TPSA) is 117 Å². The highest BCUT2D eigenvalue weighted by Crippen LogP contribution is 2.38. The molecule has 0 atom stereocenters. The van der Waals surface area contributed by atoms with Crippen molar-refractivity contribution in [2.75, 3.05) is 0 Å². The van der Waals surface area contributed by atoms with E-state index < -0.39 is 0 Å². The smallest absolute Gasteiger partial charge is 0.115 e. The lowest BCUT2D eigenvalue weighted by molar-refractivity contribution is 0.475. The second-order valence-electron chi connectivity index (χ2n) is 13.6. The summed E-state index contributed by atoms with van der Waals surface area (Å²) in [6.07, 6.45) is 1.51. The van der Waals surface area contributed by atoms with Gasteiger partial charge in [-0.15, -0.1) is 0 Å². The molecule has 292 valence electrons. The van der Waals surface area contributed by atoms with E-state index in [1.807, 2.05) is 95.2 Å². The van der Waals surface area contributed by atoms with Gasteiger partial charge in [0.2, 0.25) is 0 Å². The molecule has 0 aliphatic heterocycles. The third kappa shape index (κ3) is 8.41. The van der Waals surface area contributed by atoms with Gasteiger partial charge in [-0.3, -0.25) is 0 Å². The highest BCUT2D eigenvalue weighted by Gasteiger charge is 2.23. The van der Waals surface area contributed by atoms with Crippen molar-refractivity contribution >= 4 is 34.8 Å². The Morgan fingerprint density at radius 2 is 0.828 bits per heavy atom. The van der Waals surface area contributed by atoms with E-state index in [2.05, 4.69) is 13.8 Å². The van der Waals surface area contributed by atoms with E-state index in [1.54, 1.807) is 54.6 Å². The SMILES string of the molecule is CCc1c(-c2ccc(O)cc2)nn(-c2cc(Cl)cc(Cl)c2)c1-c1ccc(O)cc1.CCc1c(-c2ccc(O)cc2)nn(-c2ccc(Cl)cc2C)c1-c1ccc(O)cc1. The molecule has 6 aromatic carbocycles. The summed E-state index contributed by atoms with van der Waals surface area (Å²) in [5, 5.41) is 50.4. The van der Waals surface area contributed by atoms with Crippen LogP contribution in [0.1, 0.15) is 30.5 Å². The molecule has 2 aromatic heterocycles. The zero-order chi connectivity index (χ0) is 41.1. The molecular weight excluding hydrogens is 791 g/mol. The van der Waals surface area contributed by atoms with E-state index in [0.717, 1.165) is 85.9 Å². The molecule has 8 rings (SSSR count). The fraction of sp³-hybridized carbons (Fsp3) is 0.106. The number of halogens is 3. The minimum Gasteiger partial charge on any atom is -0.508 e. The van der Waals surface area contributed by atoms with Gasteiger partial charge in [-0.25, -0.2) is 9.36 Å². The summed E-state index contributed by atoms with van der Waals surface area (Å²) in [7, 11) is 0. The van der Waals surface area contributed by atoms with Crippen LogP contribution >= 0.6 is 34.8 Å². The van der Waals surface area contributed by atoms with Crippen molar-refractivity contribution in [1.82, 2.24) is 19.6 Å². The van der Waals surface area contributed by atoms with Crippen LogP contribution in [0, 0.1) is 6.92 Å². The normalized spacial score (nSPS) is 11.0. The molecule has 2 heterocycles. The molecule has 0 bridgehead atoms. The molecule has 0 spiro atoms. The van der Waals surface area contributed by atoms with E-state index in [1.165, 1.54) is 0 Å². The van der Waals surface area contributed by atoms with Gasteiger partial charge in [-0.2, -0.15) is 10.2 Å². The number of aryl methyl sites for hydroxylation is 1. The number of hydrogen-bond donors (Lipinski definition) is 4. The highest BCUT2D eigenvalue weighted by molar-refractivity contribution is 6.35. The van der Waals surface area contributed by atoms with Crippen molar-refractivity contribution in [1.29, 1.82) is 0 Å². The predicted octanol–water partition coefficient (Wildman–Crippen LogP) is 12.6. The molecule has 0 radical (unpaired) electrons. The zero-order valence-electron chi connectivity index (χ0n) is 31.8. The van der Waals surface area contributed by atoms with Crippen LogP contribution in [0.3, 0.4) is 0 Å². The van der Waals surface area contributed by atoms with Crippen LogP contribution in [-0.2, 0) is 12.8 Å². The summed E-state index contributed by atoms with van der Waals surface area (Å²) in [6.45, 7) is 6.18. The summed E-state index contributed by atoms with van der Waals surface area (Å²) in [5.74, 6) is 0.840. The molecule has 4 N–H and O–H groups in total. The van der Waals surface area contributed by atoms with Gasteiger partial charge in [0.15, 0.2) is 0 Å². The van der Waals surface area contributed by atoms with Gasteiger partial charge in [-0.05, 0) is 159 Å². The lowest BCUT2D eigenvalue weighted by Crippen LogP contribution is -2.02. The van der Waals surface area contributed by atoms with Crippen LogP contribution in [0.5, 0.6) is 23.0 Å². The van der Waals surface area contributed by atoms with Crippen LogP contribution in [0.4, 0.5) is 0 Å². The second-order valence-corrected chi connectivity index (χ2v) is 14.9. The van der Waals surface area contributed by atoms with Crippen molar-refractivity contribution in [2.45, 2.75) is 33.6 Å². The standard InChI is InChI=1S/C24H21ClN2O2.C23H18Cl2N2O2/c1-3-21-23(16-4-9-19(28)10-5-16)26-27(22-13-8-18(25)14-15(22)2)24(21)17-6-11-20(29)12-7-17;1-2-21-22(14-3-7-19(28)8-4-14)26-27(18-12-16(24)11-17(25)13-18)23(21)15-5-9-20(29)10-6-15/h4-14,28-29H,3H2,1-2H3;3-13,28-29H,2H2,1H3. The molecule has 11 heteroatoms. The number of phenols is 4. The predicted molar refractivity (Wildman–Crippen MR) is 234 cm³/mol. The first-order chi connectivity index (χ1) is 27.9. The molecule has 0 amide bonds. The molecule has 8 aromatic rings. The number of nitrogens with zero attached hydrogens (tertiary/aromatic N) is 4. The van der Waals surface area contributed by atoms with Crippen molar-refractivity contribution in [3.8, 4) is 79.4 Å². The Kier molecular flexibility index (Phi) is 11.8. The Morgan fingerprint density at radius 1 is 0.448 bits per heavy atom. The fourth-order valence-corrected chi connectivity index (χ4v) is 7.73. The van der Waals surface area contributed by atoms with Crippen LogP contribution in [-0.4, -0.2) is 40.0 Å². The highest BCUT2D eigenvalue weighted by atomic mass is 35.5. The van der Waals surface area contributed by atoms with E-state index in [9.17, 15) is 20.4 Å². The number of phenolic OH excluding ortho intramolecular Hbond substituents is 4. The van der Waals surface area contributed by atoms with E-state index in [0.29, 0.717) is 15.1 Å². The molecular formula is C47H39Cl3N4O4. The molecule has 8 nitrogen and oxygen atoms in total. The Morgan fingerprint density at radius 3 is 1.22 bits per heavy atom. The lowest BCUT2D eigenvalue weighted by atomic mass is 9.99. The van der Waals surface area contributed by atoms with Gasteiger partial charge in [-0.1, -0.05) is 48.7 Å². The van der Waals surface area contributed by atoms with Gasteiger partial charge < -0.3 is 20.4 Å². The maximum absolute atomic E-state index is 9.74. The molecule has 0 fully saturated rings. The Bertz CT molecular complexity index is 2690. The maximum atomic E-state index is 9.74. The molecule has 58 heavy (non-hydrogen) atoms. The Labute approximate surface area is 351 Å². The lowest BCUT2D eigenvalue weighted by Gasteiger charge is -2.12. The van der Waals surface area contributed by atoms with E-state index in [-0.39, 0.29) is 23.0 Å². The monoisotopic (exact) mass is 828 g/mol. The van der Waals surface area contributed by atoms with Gasteiger partial charge in [0.1, 0.15) is 23.0 Å². The van der Waals surface area contributed by atoms with Crippen molar-refractivity contribution in [2.24, 2.45) is 0 Å². The summed E-state index contributed by atoms with van der Waals surface area (Å²) in [6, 6.07) is 39.3. The summed E-state index contributed by atoms with van der Waals surface area (Å²) in [5.41, 5.74) is 12.1. The summed E-state index contributed by atoms with van der Waals surface area (Å²) >= 11 is 18.7. The van der Waals surface area contributed by atoms with Crippen LogP contribution < -0.4 is 0 Å². The van der Waals surface area contributed by atoms with Gasteiger partial charge in [0.25, 0.3) is 0 Å². The average molecular weight is 830 g/mol. The van der Waals surface area contributed by atoms with E-state index >= 15 is 0 Å². The number of hydrogen-bond acceptors (Lipinski definition) is 6. The number of aromatic nitrogens is 4. The summed E-state index contributed by atoms with van der Waals surface area (Å²) < 4.78 is 3.77. The second kappa shape index (κ2) is 17.1. The Hall–Kier alpha value is -6.19. The van der Waals surface area contributed by atoms with Crippen LogP contribution in [0.2, 0.25) is 15.1 Å². The quantitative estimate of drug-likeness (QED) is 0.121. The van der Waals surface area contributed by atoms with Crippen molar-refractivity contribution in [3.63, 3.8) is 0 Å². The maximum Gasteiger partial charge on any atom is 0.115 e. The largest absolute Gasteiger partial charge is 0.508 e. The first kappa shape index (κ1) is 40.0. The Balaban J connectivity index is 0.000000177. The third-order valence-electron chi connectivity index (χ3n) is 9.72.